The van der Waals surface area contributed by atoms with Gasteiger partial charge in [0, 0.05) is 32.3 Å². The number of hydrogen-bond donors (Lipinski definition) is 4. The fourth-order valence-corrected chi connectivity index (χ4v) is 5.19. The van der Waals surface area contributed by atoms with E-state index in [1.807, 2.05) is 0 Å². The number of fused-ring (bicyclic) bond motifs is 6. The van der Waals surface area contributed by atoms with Crippen LogP contribution in [0, 0.1) is 0 Å². The lowest BCUT2D eigenvalue weighted by molar-refractivity contribution is 0.487. The third-order valence-corrected chi connectivity index (χ3v) is 6.90. The van der Waals surface area contributed by atoms with Crippen LogP contribution in [0.1, 0.15) is 0 Å². The molecule has 0 amide bonds. The van der Waals surface area contributed by atoms with Crippen molar-refractivity contribution < 1.29 is 10.2 Å². The zero-order valence-electron chi connectivity index (χ0n) is 18.3. The molecule has 0 saturated carbocycles. The molecule has 4 N–H and O–H groups in total. The van der Waals surface area contributed by atoms with E-state index in [2.05, 4.69) is 9.97 Å². The summed E-state index contributed by atoms with van der Waals surface area (Å²) >= 11 is 0. The minimum Gasteiger partial charge on any atom is -0.506 e. The van der Waals surface area contributed by atoms with Gasteiger partial charge in [0.25, 0.3) is 0 Å². The fourth-order valence-electron chi connectivity index (χ4n) is 5.19. The van der Waals surface area contributed by atoms with Crippen LogP contribution in [0.5, 0.6) is 11.5 Å². The number of H-pyrrole nitrogens is 2. The lowest BCUT2D eigenvalue weighted by Gasteiger charge is -2.10. The van der Waals surface area contributed by atoms with Crippen molar-refractivity contribution in [3.05, 3.63) is 102 Å². The summed E-state index contributed by atoms with van der Waals surface area (Å²) in [5.41, 5.74) is -1.71. The Balaban J connectivity index is 1.71. The van der Waals surface area contributed by atoms with Crippen LogP contribution in [0.25, 0.3) is 65.2 Å². The molecule has 0 spiro atoms. The number of benzene rings is 6. The van der Waals surface area contributed by atoms with Crippen molar-refractivity contribution in [2.45, 2.75) is 0 Å². The normalized spacial score (nSPS) is 12.0. The third kappa shape index (κ3) is 2.37. The van der Waals surface area contributed by atoms with Crippen LogP contribution in [0.15, 0.2) is 79.8 Å². The van der Waals surface area contributed by atoms with E-state index < -0.39 is 21.7 Å². The van der Waals surface area contributed by atoms with E-state index >= 15 is 0 Å². The summed E-state index contributed by atoms with van der Waals surface area (Å²) < 4.78 is 0. The monoisotopic (exact) mass is 474 g/mol. The van der Waals surface area contributed by atoms with Crippen LogP contribution in [-0.4, -0.2) is 20.2 Å². The standard InChI is InChI=1S/C28H14N2O6/c31-23-11-5-1-3-7-13(11)25(33)19-15(23)9-17-21(27(19)35)30-18-10-16-20(28(36)22(18)29-17)26(34)14-8-4-2-6-12(14)24(16)32/h1-10,29-30,33-34H. The summed E-state index contributed by atoms with van der Waals surface area (Å²) in [6.45, 7) is 0. The highest BCUT2D eigenvalue weighted by atomic mass is 16.3. The lowest BCUT2D eigenvalue weighted by Crippen LogP contribution is -2.15. The van der Waals surface area contributed by atoms with E-state index in [1.165, 1.54) is 12.1 Å². The van der Waals surface area contributed by atoms with E-state index in [1.54, 1.807) is 48.5 Å². The maximum absolute atomic E-state index is 13.5. The zero-order chi connectivity index (χ0) is 24.9. The van der Waals surface area contributed by atoms with Crippen LogP contribution in [0.3, 0.4) is 0 Å². The minimum atomic E-state index is -0.628. The molecule has 6 aromatic carbocycles. The van der Waals surface area contributed by atoms with Crippen LogP contribution < -0.4 is 21.7 Å². The summed E-state index contributed by atoms with van der Waals surface area (Å²) in [6, 6.07) is 15.7. The van der Waals surface area contributed by atoms with Crippen molar-refractivity contribution in [1.29, 1.82) is 0 Å². The van der Waals surface area contributed by atoms with Crippen molar-refractivity contribution >= 4 is 65.2 Å². The van der Waals surface area contributed by atoms with Gasteiger partial charge >= 0.3 is 0 Å². The maximum Gasteiger partial charge on any atom is 0.215 e. The molecule has 36 heavy (non-hydrogen) atoms. The number of phenols is 2. The topological polar surface area (TPSA) is 140 Å². The van der Waals surface area contributed by atoms with Crippen LogP contribution in [-0.2, 0) is 0 Å². The SMILES string of the molecule is O=c1c2ccccc2c(O)c2c(=O)c3[nH]c4cc5c(=O)c6ccccc6c(O)c5c(=O)c4[nH]c3cc12. The molecule has 8 heteroatoms. The Bertz CT molecular complexity index is 2200. The second-order valence-corrected chi connectivity index (χ2v) is 8.80. The first-order valence-corrected chi connectivity index (χ1v) is 11.1. The quantitative estimate of drug-likeness (QED) is 0.248. The van der Waals surface area contributed by atoms with E-state index in [0.717, 1.165) is 0 Å². The predicted molar refractivity (Wildman–Crippen MR) is 140 cm³/mol. The summed E-state index contributed by atoms with van der Waals surface area (Å²) in [4.78, 5) is 59.0. The molecule has 8 nitrogen and oxygen atoms in total. The van der Waals surface area contributed by atoms with E-state index in [4.69, 9.17) is 0 Å². The second kappa shape index (κ2) is 6.67. The van der Waals surface area contributed by atoms with Gasteiger partial charge in [0.15, 0.2) is 10.9 Å². The molecule has 7 rings (SSSR count). The molecule has 0 fully saturated rings. The minimum absolute atomic E-state index is 0.0108. The number of rotatable bonds is 0. The number of aromatic hydroxyl groups is 2. The van der Waals surface area contributed by atoms with Crippen LogP contribution in [0.4, 0.5) is 0 Å². The second-order valence-electron chi connectivity index (χ2n) is 8.80. The molecule has 0 aliphatic heterocycles. The Morgan fingerprint density at radius 1 is 0.472 bits per heavy atom. The van der Waals surface area contributed by atoms with Gasteiger partial charge in [-0.05, 0) is 12.1 Å². The van der Waals surface area contributed by atoms with Gasteiger partial charge in [0.1, 0.15) is 22.5 Å². The van der Waals surface area contributed by atoms with E-state index in [-0.39, 0.29) is 76.7 Å². The molecule has 0 unspecified atom stereocenters. The van der Waals surface area contributed by atoms with Crippen molar-refractivity contribution in [2.24, 2.45) is 0 Å². The van der Waals surface area contributed by atoms with Gasteiger partial charge in [-0.15, -0.1) is 0 Å². The number of hydrogen-bond acceptors (Lipinski definition) is 6. The molecule has 0 saturated heterocycles. The highest BCUT2D eigenvalue weighted by Gasteiger charge is 2.20. The zero-order valence-corrected chi connectivity index (χ0v) is 18.3. The van der Waals surface area contributed by atoms with Gasteiger partial charge in [0.2, 0.25) is 10.9 Å². The molecule has 0 aliphatic rings. The molecular weight excluding hydrogens is 460 g/mol. The summed E-state index contributed by atoms with van der Waals surface area (Å²) in [6.07, 6.45) is 0. The van der Waals surface area contributed by atoms with Gasteiger partial charge in [-0.3, -0.25) is 19.2 Å². The van der Waals surface area contributed by atoms with Gasteiger partial charge in [-0.2, -0.15) is 0 Å². The van der Waals surface area contributed by atoms with Crippen LogP contribution in [0.2, 0.25) is 0 Å². The van der Waals surface area contributed by atoms with Crippen LogP contribution >= 0.6 is 0 Å². The lowest BCUT2D eigenvalue weighted by atomic mass is 9.99. The van der Waals surface area contributed by atoms with E-state index in [9.17, 15) is 29.4 Å². The van der Waals surface area contributed by atoms with Gasteiger partial charge in [0.05, 0.1) is 21.8 Å². The highest BCUT2D eigenvalue weighted by Crippen LogP contribution is 2.32. The largest absolute Gasteiger partial charge is 0.506 e. The van der Waals surface area contributed by atoms with Gasteiger partial charge in [-0.1, -0.05) is 48.5 Å². The fraction of sp³-hybridized carbons (Fsp3) is 0. The summed E-state index contributed by atoms with van der Waals surface area (Å²) in [5.74, 6) is -0.608. The molecule has 7 aromatic rings. The number of phenolic OH excluding ortho intramolecular Hbond substituents is 2. The molecule has 1 aromatic heterocycles. The van der Waals surface area contributed by atoms with Crippen molar-refractivity contribution in [3.63, 3.8) is 0 Å². The molecule has 0 radical (unpaired) electrons. The summed E-state index contributed by atoms with van der Waals surface area (Å²) in [7, 11) is 0. The van der Waals surface area contributed by atoms with Crippen molar-refractivity contribution in [2.75, 3.05) is 0 Å². The van der Waals surface area contributed by atoms with Crippen molar-refractivity contribution in [1.82, 2.24) is 9.97 Å². The van der Waals surface area contributed by atoms with Gasteiger partial charge < -0.3 is 20.2 Å². The summed E-state index contributed by atoms with van der Waals surface area (Å²) in [5, 5.41) is 22.5. The first-order valence-electron chi connectivity index (χ1n) is 11.1. The van der Waals surface area contributed by atoms with Gasteiger partial charge in [-0.25, -0.2) is 0 Å². The Hall–Kier alpha value is -5.24. The highest BCUT2D eigenvalue weighted by molar-refractivity contribution is 6.11. The predicted octanol–water partition coefficient (Wildman–Crippen LogP) is 3.55. The number of nitrogens with one attached hydrogen (secondary N) is 2. The van der Waals surface area contributed by atoms with Crippen molar-refractivity contribution in [3.8, 4) is 11.5 Å². The molecule has 0 bridgehead atoms. The molecular formula is C28H14N2O6. The maximum atomic E-state index is 13.5. The van der Waals surface area contributed by atoms with E-state index in [0.29, 0.717) is 0 Å². The molecule has 0 aliphatic carbocycles. The third-order valence-electron chi connectivity index (χ3n) is 6.90. The first-order chi connectivity index (χ1) is 17.4. The number of aromatic amines is 2. The first kappa shape index (κ1) is 20.2. The Morgan fingerprint density at radius 3 is 1.22 bits per heavy atom. The average Bonchev–Trinajstić information content (AvgIpc) is 2.89. The smallest absolute Gasteiger partial charge is 0.215 e. The molecule has 1 heterocycles. The molecule has 0 atom stereocenters. The average molecular weight is 474 g/mol. The Morgan fingerprint density at radius 2 is 0.833 bits per heavy atom. The Labute approximate surface area is 198 Å². The Kier molecular flexibility index (Phi) is 3.73. The number of aromatic nitrogens is 2. The molecule has 172 valence electrons.